The first-order valence-electron chi connectivity index (χ1n) is 5.92. The zero-order valence-corrected chi connectivity index (χ0v) is 9.67. The second kappa shape index (κ2) is 11.2. The molecule has 88 valence electrons. The molecule has 15 heavy (non-hydrogen) atoms. The fourth-order valence-electron chi connectivity index (χ4n) is 1.45. The Balaban J connectivity index is 3.11. The standard InChI is InChI=1S/C12H23NO2/c1-2-3-4-5-6-7-8-9-10-11-12(14)13-15/h10-11,15H,2-9H2,1H3,(H,13,14)/b11-10+. The second-order valence-corrected chi connectivity index (χ2v) is 3.79. The van der Waals surface area contributed by atoms with Crippen molar-refractivity contribution in [2.24, 2.45) is 0 Å². The molecule has 0 fully saturated rings. The minimum Gasteiger partial charge on any atom is -0.288 e. The molecule has 0 bridgehead atoms. The van der Waals surface area contributed by atoms with Gasteiger partial charge in [0.15, 0.2) is 0 Å². The first kappa shape index (κ1) is 14.2. The summed E-state index contributed by atoms with van der Waals surface area (Å²) in [6.45, 7) is 2.22. The number of hydrogen-bond acceptors (Lipinski definition) is 2. The smallest absolute Gasteiger partial charge is 0.267 e. The van der Waals surface area contributed by atoms with Gasteiger partial charge >= 0.3 is 0 Å². The molecule has 0 atom stereocenters. The maximum atomic E-state index is 10.6. The van der Waals surface area contributed by atoms with E-state index in [0.717, 1.165) is 12.8 Å². The van der Waals surface area contributed by atoms with Crippen molar-refractivity contribution < 1.29 is 10.0 Å². The number of nitrogens with one attached hydrogen (secondary N) is 1. The van der Waals surface area contributed by atoms with Crippen molar-refractivity contribution in [1.82, 2.24) is 5.48 Å². The first-order chi connectivity index (χ1) is 7.31. The fourth-order valence-corrected chi connectivity index (χ4v) is 1.45. The molecule has 1 amide bonds. The second-order valence-electron chi connectivity index (χ2n) is 3.79. The summed E-state index contributed by atoms with van der Waals surface area (Å²) in [6, 6.07) is 0. The highest BCUT2D eigenvalue weighted by Crippen LogP contribution is 2.08. The maximum Gasteiger partial charge on any atom is 0.267 e. The van der Waals surface area contributed by atoms with Crippen LogP contribution in [-0.4, -0.2) is 11.1 Å². The van der Waals surface area contributed by atoms with Crippen LogP contribution in [0.5, 0.6) is 0 Å². The van der Waals surface area contributed by atoms with Gasteiger partial charge in [0.05, 0.1) is 0 Å². The average molecular weight is 213 g/mol. The molecule has 0 aromatic carbocycles. The summed E-state index contributed by atoms with van der Waals surface area (Å²) in [5.41, 5.74) is 1.56. The molecule has 0 aliphatic heterocycles. The quantitative estimate of drug-likeness (QED) is 0.267. The molecule has 0 aliphatic carbocycles. The summed E-state index contributed by atoms with van der Waals surface area (Å²) < 4.78 is 0. The lowest BCUT2D eigenvalue weighted by Gasteiger charge is -1.98. The highest BCUT2D eigenvalue weighted by atomic mass is 16.5. The summed E-state index contributed by atoms with van der Waals surface area (Å²) in [5.74, 6) is -0.446. The average Bonchev–Trinajstić information content (AvgIpc) is 2.26. The van der Waals surface area contributed by atoms with Crippen LogP contribution in [-0.2, 0) is 4.79 Å². The van der Waals surface area contributed by atoms with Crippen molar-refractivity contribution in [3.8, 4) is 0 Å². The van der Waals surface area contributed by atoms with E-state index in [9.17, 15) is 4.79 Å². The molecule has 3 nitrogen and oxygen atoms in total. The molecule has 0 aromatic heterocycles. The van der Waals surface area contributed by atoms with Crippen LogP contribution >= 0.6 is 0 Å². The molecule has 0 spiro atoms. The number of allylic oxidation sites excluding steroid dienone is 1. The van der Waals surface area contributed by atoms with Gasteiger partial charge in [-0.1, -0.05) is 51.5 Å². The Morgan fingerprint density at radius 2 is 1.73 bits per heavy atom. The van der Waals surface area contributed by atoms with E-state index in [2.05, 4.69) is 6.92 Å². The molecular weight excluding hydrogens is 190 g/mol. The van der Waals surface area contributed by atoms with Gasteiger partial charge in [-0.05, 0) is 12.8 Å². The van der Waals surface area contributed by atoms with Crippen molar-refractivity contribution in [3.63, 3.8) is 0 Å². The SMILES string of the molecule is CCCCCCCCC/C=C/C(=O)NO. The van der Waals surface area contributed by atoms with E-state index in [1.54, 1.807) is 11.6 Å². The monoisotopic (exact) mass is 213 g/mol. The molecule has 0 saturated heterocycles. The van der Waals surface area contributed by atoms with E-state index in [0.29, 0.717) is 0 Å². The number of hydrogen-bond donors (Lipinski definition) is 2. The van der Waals surface area contributed by atoms with Crippen LogP contribution in [0.1, 0.15) is 58.3 Å². The Bertz CT molecular complexity index is 178. The van der Waals surface area contributed by atoms with Gasteiger partial charge < -0.3 is 0 Å². The van der Waals surface area contributed by atoms with Gasteiger partial charge in [0.25, 0.3) is 5.91 Å². The van der Waals surface area contributed by atoms with Crippen LogP contribution in [0.15, 0.2) is 12.2 Å². The number of carbonyl (C=O) groups excluding carboxylic acids is 1. The Kier molecular flexibility index (Phi) is 10.6. The predicted molar refractivity (Wildman–Crippen MR) is 61.7 cm³/mol. The van der Waals surface area contributed by atoms with Crippen LogP contribution in [0, 0.1) is 0 Å². The lowest BCUT2D eigenvalue weighted by atomic mass is 10.1. The highest BCUT2D eigenvalue weighted by Gasteiger charge is 1.91. The molecule has 0 aliphatic rings. The number of carbonyl (C=O) groups is 1. The number of rotatable bonds is 9. The number of hydroxylamine groups is 1. The molecule has 0 aromatic rings. The normalized spacial score (nSPS) is 10.8. The van der Waals surface area contributed by atoms with Gasteiger partial charge in [-0.25, -0.2) is 5.48 Å². The predicted octanol–water partition coefficient (Wildman–Crippen LogP) is 3.19. The molecule has 0 unspecified atom stereocenters. The van der Waals surface area contributed by atoms with Gasteiger partial charge in [0.1, 0.15) is 0 Å². The van der Waals surface area contributed by atoms with Gasteiger partial charge in [-0.2, -0.15) is 0 Å². The third kappa shape index (κ3) is 11.1. The van der Waals surface area contributed by atoms with Crippen molar-refractivity contribution >= 4 is 5.91 Å². The van der Waals surface area contributed by atoms with Crippen LogP contribution in [0.25, 0.3) is 0 Å². The Morgan fingerprint density at radius 1 is 1.13 bits per heavy atom. The van der Waals surface area contributed by atoms with Crippen molar-refractivity contribution in [3.05, 3.63) is 12.2 Å². The van der Waals surface area contributed by atoms with Gasteiger partial charge in [0.2, 0.25) is 0 Å². The minimum absolute atomic E-state index is 0.446. The molecule has 0 radical (unpaired) electrons. The Morgan fingerprint density at radius 3 is 2.33 bits per heavy atom. The minimum atomic E-state index is -0.446. The fraction of sp³-hybridized carbons (Fsp3) is 0.750. The van der Waals surface area contributed by atoms with E-state index in [1.807, 2.05) is 0 Å². The lowest BCUT2D eigenvalue weighted by molar-refractivity contribution is -0.124. The van der Waals surface area contributed by atoms with Crippen molar-refractivity contribution in [2.75, 3.05) is 0 Å². The number of amides is 1. The van der Waals surface area contributed by atoms with Crippen LogP contribution in [0.4, 0.5) is 0 Å². The molecular formula is C12H23NO2. The van der Waals surface area contributed by atoms with Gasteiger partial charge in [0, 0.05) is 6.08 Å². The summed E-state index contributed by atoms with van der Waals surface area (Å²) in [5, 5.41) is 8.21. The van der Waals surface area contributed by atoms with Gasteiger partial charge in [-0.15, -0.1) is 0 Å². The molecule has 3 heteroatoms. The third-order valence-corrected chi connectivity index (χ3v) is 2.35. The highest BCUT2D eigenvalue weighted by molar-refractivity contribution is 5.86. The van der Waals surface area contributed by atoms with Crippen molar-refractivity contribution in [2.45, 2.75) is 58.3 Å². The topological polar surface area (TPSA) is 49.3 Å². The van der Waals surface area contributed by atoms with Crippen molar-refractivity contribution in [1.29, 1.82) is 0 Å². The third-order valence-electron chi connectivity index (χ3n) is 2.35. The Labute approximate surface area is 92.5 Å². The van der Waals surface area contributed by atoms with E-state index >= 15 is 0 Å². The van der Waals surface area contributed by atoms with Crippen LogP contribution in [0.2, 0.25) is 0 Å². The lowest BCUT2D eigenvalue weighted by Crippen LogP contribution is -2.14. The summed E-state index contributed by atoms with van der Waals surface area (Å²) in [6.07, 6.45) is 13.1. The van der Waals surface area contributed by atoms with Crippen LogP contribution < -0.4 is 5.48 Å². The largest absolute Gasteiger partial charge is 0.288 e. The molecule has 2 N–H and O–H groups in total. The zero-order valence-electron chi connectivity index (χ0n) is 9.67. The molecule has 0 rings (SSSR count). The summed E-state index contributed by atoms with van der Waals surface area (Å²) in [7, 11) is 0. The van der Waals surface area contributed by atoms with Crippen LogP contribution in [0.3, 0.4) is 0 Å². The first-order valence-corrected chi connectivity index (χ1v) is 5.92. The Hall–Kier alpha value is -0.830. The molecule has 0 heterocycles. The van der Waals surface area contributed by atoms with E-state index < -0.39 is 5.91 Å². The van der Waals surface area contributed by atoms with Gasteiger partial charge in [-0.3, -0.25) is 10.0 Å². The zero-order chi connectivity index (χ0) is 11.4. The number of unbranched alkanes of at least 4 members (excludes halogenated alkanes) is 7. The van der Waals surface area contributed by atoms with E-state index in [1.165, 1.54) is 44.6 Å². The maximum absolute atomic E-state index is 10.6. The summed E-state index contributed by atoms with van der Waals surface area (Å²) >= 11 is 0. The summed E-state index contributed by atoms with van der Waals surface area (Å²) in [4.78, 5) is 10.6. The van der Waals surface area contributed by atoms with E-state index in [4.69, 9.17) is 5.21 Å². The molecule has 0 saturated carbocycles. The van der Waals surface area contributed by atoms with E-state index in [-0.39, 0.29) is 0 Å².